The third-order valence-electron chi connectivity index (χ3n) is 9.21. The molecule has 43 heavy (non-hydrogen) atoms. The summed E-state index contributed by atoms with van der Waals surface area (Å²) in [5, 5.41) is 10.5. The number of imide groups is 2. The topological polar surface area (TPSA) is 95.0 Å². The van der Waals surface area contributed by atoms with E-state index >= 15 is 0 Å². The average Bonchev–Trinajstić information content (AvgIpc) is 3.33. The van der Waals surface area contributed by atoms with Crippen molar-refractivity contribution in [3.8, 4) is 5.75 Å². The molecule has 0 aromatic heterocycles. The average molecular weight is 640 g/mol. The summed E-state index contributed by atoms with van der Waals surface area (Å²) in [5.41, 5.74) is 1.61. The molecule has 4 amide bonds. The fraction of sp³-hybridized carbons (Fsp3) is 0.250. The molecule has 7 rings (SSSR count). The Hall–Kier alpha value is -3.72. The summed E-state index contributed by atoms with van der Waals surface area (Å²) in [5.74, 6) is -6.22. The van der Waals surface area contributed by atoms with Crippen molar-refractivity contribution in [2.24, 2.45) is 17.8 Å². The number of alkyl halides is 2. The third-order valence-corrected chi connectivity index (χ3v) is 10.9. The zero-order valence-electron chi connectivity index (χ0n) is 22.2. The van der Waals surface area contributed by atoms with Crippen LogP contribution in [0.25, 0.3) is 0 Å². The largest absolute Gasteiger partial charge is 0.508 e. The first-order valence-corrected chi connectivity index (χ1v) is 14.8. The van der Waals surface area contributed by atoms with Crippen LogP contribution in [-0.2, 0) is 19.2 Å². The molecule has 7 nitrogen and oxygen atoms in total. The van der Waals surface area contributed by atoms with Crippen molar-refractivity contribution in [3.63, 3.8) is 0 Å². The molecule has 0 bridgehead atoms. The van der Waals surface area contributed by atoms with Gasteiger partial charge in [0.2, 0.25) is 11.8 Å². The second-order valence-corrected chi connectivity index (χ2v) is 13.0. The van der Waals surface area contributed by atoms with E-state index in [1.807, 2.05) is 6.08 Å². The predicted molar refractivity (Wildman–Crippen MR) is 159 cm³/mol. The number of hydrogen-bond donors (Lipinski definition) is 1. The van der Waals surface area contributed by atoms with E-state index in [0.717, 1.165) is 21.9 Å². The molecule has 2 aliphatic heterocycles. The Bertz CT molecular complexity index is 1750. The van der Waals surface area contributed by atoms with E-state index < -0.39 is 57.0 Å². The van der Waals surface area contributed by atoms with Gasteiger partial charge in [0.15, 0.2) is 9.75 Å². The van der Waals surface area contributed by atoms with Crippen molar-refractivity contribution in [1.82, 2.24) is 0 Å². The van der Waals surface area contributed by atoms with Gasteiger partial charge in [-0.15, -0.1) is 23.2 Å². The number of aromatic hydroxyl groups is 1. The number of rotatable bonds is 3. The minimum Gasteiger partial charge on any atom is -0.508 e. The summed E-state index contributed by atoms with van der Waals surface area (Å²) < 4.78 is 13.8. The van der Waals surface area contributed by atoms with Crippen molar-refractivity contribution < 1.29 is 28.7 Å². The number of anilines is 2. The number of hydrogen-bond acceptors (Lipinski definition) is 5. The van der Waals surface area contributed by atoms with Crippen LogP contribution < -0.4 is 9.80 Å². The Balaban J connectivity index is 1.38. The van der Waals surface area contributed by atoms with Crippen molar-refractivity contribution in [2.45, 2.75) is 28.5 Å². The smallest absolute Gasteiger partial charge is 0.258 e. The first kappa shape index (κ1) is 28.1. The number of phenolic OH excluding ortho intramolecular Hbond substituents is 1. The van der Waals surface area contributed by atoms with Crippen molar-refractivity contribution in [3.05, 3.63) is 101 Å². The molecule has 0 unspecified atom stereocenters. The maximum absolute atomic E-state index is 14.3. The highest BCUT2D eigenvalue weighted by Gasteiger charge is 2.76. The van der Waals surface area contributed by atoms with Crippen molar-refractivity contribution in [2.75, 3.05) is 9.80 Å². The van der Waals surface area contributed by atoms with Crippen LogP contribution in [0.15, 0.2) is 84.4 Å². The monoisotopic (exact) mass is 638 g/mol. The molecule has 0 spiro atoms. The Morgan fingerprint density at radius 1 is 0.767 bits per heavy atom. The minimum atomic E-state index is -2.03. The summed E-state index contributed by atoms with van der Waals surface area (Å²) in [4.78, 5) is 54.1. The number of benzene rings is 3. The first-order valence-electron chi connectivity index (χ1n) is 13.6. The number of nitrogens with zero attached hydrogens (tertiary/aromatic N) is 2. The highest BCUT2D eigenvalue weighted by Crippen LogP contribution is 2.65. The first-order chi connectivity index (χ1) is 20.5. The van der Waals surface area contributed by atoms with E-state index in [4.69, 9.17) is 34.8 Å². The lowest BCUT2D eigenvalue weighted by Gasteiger charge is -2.50. The van der Waals surface area contributed by atoms with E-state index in [-0.39, 0.29) is 30.2 Å². The van der Waals surface area contributed by atoms with Gasteiger partial charge in [-0.05, 0) is 85.0 Å². The molecule has 2 saturated heterocycles. The number of amides is 4. The summed E-state index contributed by atoms with van der Waals surface area (Å²) >= 11 is 20.6. The standard InChI is InChI=1S/C32H22Cl3FN2O5/c33-17-3-7-19(8-4-17)37-27(40)23-14-13-22-24(25(23)28(37)41)15-31(34)29(42)38(20-9-5-18(36)6-10-20)30(43)32(31,35)26(22)16-1-11-21(39)12-2-16/h1-13,23-26,39H,14-15H2/t23-,24+,25-,26-,31+,32-/m0/s1. The van der Waals surface area contributed by atoms with E-state index in [1.54, 1.807) is 36.4 Å². The van der Waals surface area contributed by atoms with Gasteiger partial charge in [0.25, 0.3) is 11.8 Å². The maximum atomic E-state index is 14.3. The van der Waals surface area contributed by atoms with Gasteiger partial charge in [0.1, 0.15) is 11.6 Å². The second-order valence-electron chi connectivity index (χ2n) is 11.3. The summed E-state index contributed by atoms with van der Waals surface area (Å²) in [6.07, 6.45) is 1.86. The molecule has 6 atom stereocenters. The molecule has 1 saturated carbocycles. The van der Waals surface area contributed by atoms with Crippen molar-refractivity contribution >= 4 is 69.8 Å². The molecule has 3 aromatic rings. The molecular weight excluding hydrogens is 618 g/mol. The lowest BCUT2D eigenvalue weighted by Crippen LogP contribution is -2.60. The molecule has 218 valence electrons. The van der Waals surface area contributed by atoms with Crippen LogP contribution in [0.5, 0.6) is 5.75 Å². The van der Waals surface area contributed by atoms with E-state index in [0.29, 0.717) is 21.8 Å². The highest BCUT2D eigenvalue weighted by molar-refractivity contribution is 6.58. The fourth-order valence-corrected chi connectivity index (χ4v) is 8.35. The van der Waals surface area contributed by atoms with Gasteiger partial charge >= 0.3 is 0 Å². The predicted octanol–water partition coefficient (Wildman–Crippen LogP) is 5.95. The van der Waals surface area contributed by atoms with Gasteiger partial charge in [-0.3, -0.25) is 24.1 Å². The number of carbonyl (C=O) groups excluding carboxylic acids is 4. The summed E-state index contributed by atoms with van der Waals surface area (Å²) in [6.45, 7) is 0. The zero-order chi connectivity index (χ0) is 30.4. The fourth-order valence-electron chi connectivity index (χ4n) is 7.28. The quantitative estimate of drug-likeness (QED) is 0.217. The van der Waals surface area contributed by atoms with E-state index in [1.165, 1.54) is 24.3 Å². The Labute approximate surface area is 260 Å². The number of allylic oxidation sites excluding steroid dienone is 2. The lowest BCUT2D eigenvalue weighted by atomic mass is 9.56. The number of halogens is 4. The minimum absolute atomic E-state index is 0.0218. The number of fused-ring (bicyclic) bond motifs is 4. The molecule has 0 radical (unpaired) electrons. The summed E-state index contributed by atoms with van der Waals surface area (Å²) in [6, 6.07) is 17.3. The maximum Gasteiger partial charge on any atom is 0.258 e. The van der Waals surface area contributed by atoms with Gasteiger partial charge in [-0.25, -0.2) is 9.29 Å². The zero-order valence-corrected chi connectivity index (χ0v) is 24.5. The Kier molecular flexibility index (Phi) is 6.30. The van der Waals surface area contributed by atoms with Crippen LogP contribution in [0.3, 0.4) is 0 Å². The van der Waals surface area contributed by atoms with E-state index in [9.17, 15) is 28.7 Å². The molecule has 2 heterocycles. The molecular formula is C32H22Cl3FN2O5. The lowest BCUT2D eigenvalue weighted by molar-refractivity contribution is -0.125. The molecule has 11 heteroatoms. The number of phenols is 1. The Morgan fingerprint density at radius 3 is 2.02 bits per heavy atom. The second kappa shape index (κ2) is 9.64. The van der Waals surface area contributed by atoms with Gasteiger partial charge in [-0.1, -0.05) is 35.4 Å². The van der Waals surface area contributed by atoms with Crippen molar-refractivity contribution in [1.29, 1.82) is 0 Å². The normalized spacial score (nSPS) is 31.6. The molecule has 3 fully saturated rings. The van der Waals surface area contributed by atoms with E-state index in [2.05, 4.69) is 0 Å². The molecule has 4 aliphatic rings. The van der Waals surface area contributed by atoms with Crippen LogP contribution in [0.1, 0.15) is 24.3 Å². The molecule has 1 N–H and O–H groups in total. The molecule has 3 aromatic carbocycles. The van der Waals surface area contributed by atoms with Gasteiger partial charge < -0.3 is 5.11 Å². The third kappa shape index (κ3) is 3.79. The Morgan fingerprint density at radius 2 is 1.37 bits per heavy atom. The van der Waals surface area contributed by atoms with Gasteiger partial charge in [0.05, 0.1) is 23.2 Å². The highest BCUT2D eigenvalue weighted by atomic mass is 35.5. The van der Waals surface area contributed by atoms with Crippen LogP contribution >= 0.6 is 34.8 Å². The van der Waals surface area contributed by atoms with Crippen LogP contribution in [-0.4, -0.2) is 38.5 Å². The number of carbonyl (C=O) groups is 4. The molecule has 2 aliphatic carbocycles. The van der Waals surface area contributed by atoms with Crippen LogP contribution in [0.2, 0.25) is 5.02 Å². The van der Waals surface area contributed by atoms with Crippen LogP contribution in [0, 0.1) is 23.6 Å². The SMILES string of the molecule is O=C1[C@H]2[C@H](CC=C3[C@H]2C[C@@]2(Cl)C(=O)N(c4ccc(F)cc4)C(=O)[C@@]2(Cl)[C@H]3c2ccc(O)cc2)C(=O)N1c1ccc(Cl)cc1. The van der Waals surface area contributed by atoms with Gasteiger partial charge in [0, 0.05) is 10.9 Å². The van der Waals surface area contributed by atoms with Crippen LogP contribution in [0.4, 0.5) is 15.8 Å². The van der Waals surface area contributed by atoms with Gasteiger partial charge in [-0.2, -0.15) is 0 Å². The summed E-state index contributed by atoms with van der Waals surface area (Å²) in [7, 11) is 0.